The van der Waals surface area contributed by atoms with Gasteiger partial charge in [-0.1, -0.05) is 0 Å². The van der Waals surface area contributed by atoms with Crippen LogP contribution < -0.4 is 9.64 Å². The second-order valence-corrected chi connectivity index (χ2v) is 4.51. The van der Waals surface area contributed by atoms with Crippen molar-refractivity contribution in [3.05, 3.63) is 29.8 Å². The van der Waals surface area contributed by atoms with Crippen molar-refractivity contribution in [3.63, 3.8) is 0 Å². The summed E-state index contributed by atoms with van der Waals surface area (Å²) in [4.78, 5) is 18.4. The maximum absolute atomic E-state index is 5.91. The molecule has 1 aliphatic rings. The van der Waals surface area contributed by atoms with E-state index in [2.05, 4.69) is 24.8 Å². The predicted molar refractivity (Wildman–Crippen MR) is 70.6 cm³/mol. The number of nitrogens with zero attached hydrogens (tertiary/aromatic N) is 5. The van der Waals surface area contributed by atoms with Gasteiger partial charge in [0.1, 0.15) is 5.75 Å². The zero-order valence-electron chi connectivity index (χ0n) is 10.2. The quantitative estimate of drug-likeness (QED) is 0.858. The molecule has 0 radical (unpaired) electrons. The van der Waals surface area contributed by atoms with Crippen LogP contribution in [0.15, 0.2) is 24.5 Å². The Morgan fingerprint density at radius 3 is 2.74 bits per heavy atom. The van der Waals surface area contributed by atoms with E-state index < -0.39 is 0 Å². The molecular weight excluding hydrogens is 266 g/mol. The average Bonchev–Trinajstić information content (AvgIpc) is 2.93. The Bertz CT molecular complexity index is 559. The van der Waals surface area contributed by atoms with Gasteiger partial charge in [0.25, 0.3) is 0 Å². The van der Waals surface area contributed by atoms with Crippen LogP contribution in [0.4, 0.5) is 5.95 Å². The summed E-state index contributed by atoms with van der Waals surface area (Å²) < 4.78 is 5.52. The summed E-state index contributed by atoms with van der Waals surface area (Å²) in [5, 5.41) is 0.135. The summed E-state index contributed by atoms with van der Waals surface area (Å²) in [5.74, 6) is 1.13. The fourth-order valence-corrected chi connectivity index (χ4v) is 2.09. The SMILES string of the molecule is Clc1nc(Oc2cccnc2)nc(N2CCCC2)n1. The smallest absolute Gasteiger partial charge is 0.328 e. The predicted octanol–water partition coefficient (Wildman–Crippen LogP) is 2.31. The van der Waals surface area contributed by atoms with E-state index in [0.29, 0.717) is 11.7 Å². The number of halogens is 1. The van der Waals surface area contributed by atoms with Crippen molar-refractivity contribution in [1.82, 2.24) is 19.9 Å². The van der Waals surface area contributed by atoms with E-state index in [1.807, 2.05) is 0 Å². The van der Waals surface area contributed by atoms with Gasteiger partial charge in [-0.05, 0) is 36.6 Å². The van der Waals surface area contributed by atoms with Crippen LogP contribution in [0.5, 0.6) is 11.8 Å². The van der Waals surface area contributed by atoms with Crippen molar-refractivity contribution in [2.24, 2.45) is 0 Å². The fraction of sp³-hybridized carbons (Fsp3) is 0.333. The monoisotopic (exact) mass is 277 g/mol. The number of hydrogen-bond donors (Lipinski definition) is 0. The third-order valence-electron chi connectivity index (χ3n) is 2.81. The van der Waals surface area contributed by atoms with Crippen LogP contribution in [0.1, 0.15) is 12.8 Å². The van der Waals surface area contributed by atoms with Crippen molar-refractivity contribution in [2.45, 2.75) is 12.8 Å². The molecule has 3 rings (SSSR count). The molecule has 6 nitrogen and oxygen atoms in total. The Hall–Kier alpha value is -1.95. The van der Waals surface area contributed by atoms with Gasteiger partial charge in [0.2, 0.25) is 11.2 Å². The van der Waals surface area contributed by atoms with E-state index in [-0.39, 0.29) is 11.3 Å². The lowest BCUT2D eigenvalue weighted by molar-refractivity contribution is 0.437. The molecule has 1 aliphatic heterocycles. The molecule has 0 atom stereocenters. The summed E-state index contributed by atoms with van der Waals surface area (Å²) in [5.41, 5.74) is 0. The number of rotatable bonds is 3. The number of ether oxygens (including phenoxy) is 1. The first kappa shape index (κ1) is 12.1. The molecule has 0 amide bonds. The molecule has 0 aliphatic carbocycles. The van der Waals surface area contributed by atoms with Crippen molar-refractivity contribution in [3.8, 4) is 11.8 Å². The van der Waals surface area contributed by atoms with Gasteiger partial charge in [0.15, 0.2) is 0 Å². The van der Waals surface area contributed by atoms with Crippen molar-refractivity contribution in [2.75, 3.05) is 18.0 Å². The van der Waals surface area contributed by atoms with Crippen LogP contribution in [0, 0.1) is 0 Å². The zero-order valence-corrected chi connectivity index (χ0v) is 10.9. The molecule has 0 N–H and O–H groups in total. The summed E-state index contributed by atoms with van der Waals surface area (Å²) in [7, 11) is 0. The minimum Gasteiger partial charge on any atom is -0.422 e. The zero-order chi connectivity index (χ0) is 13.1. The molecule has 7 heteroatoms. The first-order valence-electron chi connectivity index (χ1n) is 6.06. The van der Waals surface area contributed by atoms with Crippen LogP contribution in [0.3, 0.4) is 0 Å². The summed E-state index contributed by atoms with van der Waals surface area (Å²) in [6.45, 7) is 1.87. The van der Waals surface area contributed by atoms with Gasteiger partial charge < -0.3 is 9.64 Å². The Morgan fingerprint density at radius 1 is 1.16 bits per heavy atom. The molecule has 1 saturated heterocycles. The lowest BCUT2D eigenvalue weighted by Crippen LogP contribution is -2.21. The van der Waals surface area contributed by atoms with Gasteiger partial charge in [-0.3, -0.25) is 4.98 Å². The third kappa shape index (κ3) is 2.90. The lowest BCUT2D eigenvalue weighted by atomic mass is 10.4. The van der Waals surface area contributed by atoms with Crippen LogP contribution in [-0.2, 0) is 0 Å². The molecule has 19 heavy (non-hydrogen) atoms. The van der Waals surface area contributed by atoms with Crippen LogP contribution in [0.25, 0.3) is 0 Å². The largest absolute Gasteiger partial charge is 0.422 e. The van der Waals surface area contributed by atoms with E-state index in [1.54, 1.807) is 24.5 Å². The molecule has 0 saturated carbocycles. The summed E-state index contributed by atoms with van der Waals surface area (Å²) >= 11 is 5.91. The summed E-state index contributed by atoms with van der Waals surface area (Å²) in [6, 6.07) is 3.75. The van der Waals surface area contributed by atoms with Gasteiger partial charge in [0.05, 0.1) is 6.20 Å². The molecule has 0 bridgehead atoms. The van der Waals surface area contributed by atoms with E-state index >= 15 is 0 Å². The highest BCUT2D eigenvalue weighted by Gasteiger charge is 2.17. The Kier molecular flexibility index (Phi) is 3.41. The van der Waals surface area contributed by atoms with Gasteiger partial charge >= 0.3 is 6.01 Å². The van der Waals surface area contributed by atoms with Crippen molar-refractivity contribution >= 4 is 17.5 Å². The van der Waals surface area contributed by atoms with E-state index in [9.17, 15) is 0 Å². The second-order valence-electron chi connectivity index (χ2n) is 4.17. The van der Waals surface area contributed by atoms with Crippen LogP contribution >= 0.6 is 11.6 Å². The normalized spacial score (nSPS) is 14.7. The maximum atomic E-state index is 5.91. The number of aromatic nitrogens is 4. The van der Waals surface area contributed by atoms with Crippen molar-refractivity contribution < 1.29 is 4.74 Å². The van der Waals surface area contributed by atoms with Crippen molar-refractivity contribution in [1.29, 1.82) is 0 Å². The molecule has 0 spiro atoms. The van der Waals surface area contributed by atoms with Crippen LogP contribution in [-0.4, -0.2) is 33.0 Å². The van der Waals surface area contributed by atoms with E-state index in [1.165, 1.54) is 0 Å². The lowest BCUT2D eigenvalue weighted by Gasteiger charge is -2.15. The molecule has 1 fully saturated rings. The maximum Gasteiger partial charge on any atom is 0.328 e. The number of pyridine rings is 1. The molecular formula is C12H12ClN5O. The standard InChI is InChI=1S/C12H12ClN5O/c13-10-15-11(18-6-1-2-7-18)17-12(16-10)19-9-4-3-5-14-8-9/h3-5,8H,1-2,6-7H2. The topological polar surface area (TPSA) is 64.0 Å². The highest BCUT2D eigenvalue weighted by molar-refractivity contribution is 6.28. The third-order valence-corrected chi connectivity index (χ3v) is 2.98. The van der Waals surface area contributed by atoms with E-state index in [0.717, 1.165) is 25.9 Å². The average molecular weight is 278 g/mol. The van der Waals surface area contributed by atoms with E-state index in [4.69, 9.17) is 16.3 Å². The molecule has 0 unspecified atom stereocenters. The minimum absolute atomic E-state index is 0.135. The molecule has 2 aromatic heterocycles. The number of hydrogen-bond acceptors (Lipinski definition) is 6. The van der Waals surface area contributed by atoms with Gasteiger partial charge in [-0.25, -0.2) is 0 Å². The summed E-state index contributed by atoms with van der Waals surface area (Å²) in [6.07, 6.45) is 5.54. The molecule has 98 valence electrons. The van der Waals surface area contributed by atoms with Crippen LogP contribution in [0.2, 0.25) is 5.28 Å². The number of anilines is 1. The van der Waals surface area contributed by atoms with Gasteiger partial charge in [-0.2, -0.15) is 15.0 Å². The Labute approximate surface area is 115 Å². The Balaban J connectivity index is 1.85. The molecule has 0 aromatic carbocycles. The Morgan fingerprint density at radius 2 is 2.00 bits per heavy atom. The fourth-order valence-electron chi connectivity index (χ4n) is 1.94. The first-order valence-corrected chi connectivity index (χ1v) is 6.43. The van der Waals surface area contributed by atoms with Gasteiger partial charge in [-0.15, -0.1) is 0 Å². The minimum atomic E-state index is 0.135. The first-order chi connectivity index (χ1) is 9.31. The second kappa shape index (κ2) is 5.36. The molecule has 2 aromatic rings. The molecule has 3 heterocycles. The highest BCUT2D eigenvalue weighted by atomic mass is 35.5. The van der Waals surface area contributed by atoms with Gasteiger partial charge in [0, 0.05) is 19.3 Å². The highest BCUT2D eigenvalue weighted by Crippen LogP contribution is 2.22.